The Bertz CT molecular complexity index is 632. The second kappa shape index (κ2) is 4.64. The van der Waals surface area contributed by atoms with Crippen molar-refractivity contribution < 1.29 is 13.9 Å². The molecule has 100 valence electrons. The Morgan fingerprint density at radius 2 is 2.32 bits per heavy atom. The van der Waals surface area contributed by atoms with Crippen molar-refractivity contribution in [2.24, 2.45) is 0 Å². The van der Waals surface area contributed by atoms with Crippen LogP contribution in [0.1, 0.15) is 31.6 Å². The van der Waals surface area contributed by atoms with Gasteiger partial charge in [0.15, 0.2) is 0 Å². The van der Waals surface area contributed by atoms with Gasteiger partial charge >= 0.3 is 5.97 Å². The third-order valence-electron chi connectivity index (χ3n) is 3.24. The summed E-state index contributed by atoms with van der Waals surface area (Å²) in [4.78, 5) is 16.0. The number of imidazole rings is 1. The first-order valence-electron chi connectivity index (χ1n) is 6.51. The molecule has 0 saturated heterocycles. The number of nitrogens with zero attached hydrogens (tertiary/aromatic N) is 2. The predicted molar refractivity (Wildman–Crippen MR) is 68.3 cm³/mol. The average Bonchev–Trinajstić information content (AvgIpc) is 3.12. The molecule has 0 bridgehead atoms. The Morgan fingerprint density at radius 1 is 1.53 bits per heavy atom. The van der Waals surface area contributed by atoms with Gasteiger partial charge in [-0.1, -0.05) is 0 Å². The molecule has 19 heavy (non-hydrogen) atoms. The van der Waals surface area contributed by atoms with Gasteiger partial charge in [0, 0.05) is 12.1 Å². The number of benzene rings is 1. The number of hydrogen-bond donors (Lipinski definition) is 0. The van der Waals surface area contributed by atoms with Gasteiger partial charge in [0.1, 0.15) is 18.1 Å². The Balaban J connectivity index is 2.02. The molecule has 0 amide bonds. The van der Waals surface area contributed by atoms with Gasteiger partial charge in [-0.15, -0.1) is 0 Å². The number of ether oxygens (including phenoxy) is 1. The van der Waals surface area contributed by atoms with E-state index in [2.05, 4.69) is 4.98 Å². The fraction of sp³-hybridized carbons (Fsp3) is 0.429. The highest BCUT2D eigenvalue weighted by atomic mass is 19.1. The molecule has 1 aliphatic rings. The molecule has 1 aromatic carbocycles. The van der Waals surface area contributed by atoms with Crippen LogP contribution in [-0.4, -0.2) is 22.1 Å². The van der Waals surface area contributed by atoms with Gasteiger partial charge in [-0.05, 0) is 31.9 Å². The number of carbonyl (C=O) groups excluding carboxylic acids is 1. The fourth-order valence-electron chi connectivity index (χ4n) is 2.33. The number of rotatable bonds is 4. The van der Waals surface area contributed by atoms with E-state index in [0.717, 1.165) is 18.4 Å². The molecular weight excluding hydrogens is 247 g/mol. The van der Waals surface area contributed by atoms with Crippen LogP contribution in [0, 0.1) is 5.82 Å². The highest BCUT2D eigenvalue weighted by molar-refractivity contribution is 5.79. The second-order valence-corrected chi connectivity index (χ2v) is 4.74. The number of aromatic nitrogens is 2. The summed E-state index contributed by atoms with van der Waals surface area (Å²) in [5, 5.41) is 0. The third-order valence-corrected chi connectivity index (χ3v) is 3.24. The lowest BCUT2D eigenvalue weighted by atomic mass is 10.3. The minimum atomic E-state index is -0.310. The van der Waals surface area contributed by atoms with Gasteiger partial charge in [-0.3, -0.25) is 4.79 Å². The zero-order chi connectivity index (χ0) is 13.4. The normalized spacial score (nSPS) is 14.8. The summed E-state index contributed by atoms with van der Waals surface area (Å²) in [5.74, 6) is 0.0670. The number of halogens is 1. The lowest BCUT2D eigenvalue weighted by Crippen LogP contribution is -2.12. The number of fused-ring (bicyclic) bond motifs is 1. The summed E-state index contributed by atoms with van der Waals surface area (Å²) < 4.78 is 20.2. The quantitative estimate of drug-likeness (QED) is 0.795. The molecule has 0 radical (unpaired) electrons. The monoisotopic (exact) mass is 262 g/mol. The van der Waals surface area contributed by atoms with Gasteiger partial charge in [-0.25, -0.2) is 9.37 Å². The van der Waals surface area contributed by atoms with E-state index >= 15 is 0 Å². The van der Waals surface area contributed by atoms with Crippen LogP contribution in [0.2, 0.25) is 0 Å². The second-order valence-electron chi connectivity index (χ2n) is 4.74. The lowest BCUT2D eigenvalue weighted by Gasteiger charge is -2.07. The van der Waals surface area contributed by atoms with Gasteiger partial charge in [0.05, 0.1) is 17.6 Å². The smallest absolute Gasteiger partial charge is 0.313 e. The first kappa shape index (κ1) is 12.1. The highest BCUT2D eigenvalue weighted by Gasteiger charge is 2.29. The van der Waals surface area contributed by atoms with Crippen LogP contribution in [-0.2, 0) is 16.0 Å². The molecule has 3 rings (SSSR count). The maximum Gasteiger partial charge on any atom is 0.313 e. The summed E-state index contributed by atoms with van der Waals surface area (Å²) in [5.41, 5.74) is 1.49. The molecule has 0 spiro atoms. The molecule has 1 heterocycles. The van der Waals surface area contributed by atoms with Crippen LogP contribution in [0.4, 0.5) is 4.39 Å². The van der Waals surface area contributed by atoms with E-state index in [-0.39, 0.29) is 18.2 Å². The van der Waals surface area contributed by atoms with E-state index < -0.39 is 0 Å². The van der Waals surface area contributed by atoms with Crippen molar-refractivity contribution in [1.29, 1.82) is 0 Å². The van der Waals surface area contributed by atoms with E-state index in [1.165, 1.54) is 12.1 Å². The van der Waals surface area contributed by atoms with Crippen molar-refractivity contribution >= 4 is 17.0 Å². The van der Waals surface area contributed by atoms with Crippen molar-refractivity contribution in [3.63, 3.8) is 0 Å². The number of carbonyl (C=O) groups is 1. The Labute approximate surface area is 110 Å². The first-order valence-corrected chi connectivity index (χ1v) is 6.51. The molecule has 0 unspecified atom stereocenters. The topological polar surface area (TPSA) is 44.1 Å². The molecular formula is C14H15FN2O2. The van der Waals surface area contributed by atoms with E-state index in [0.29, 0.717) is 24.0 Å². The molecule has 1 fully saturated rings. The number of esters is 1. The van der Waals surface area contributed by atoms with Crippen LogP contribution >= 0.6 is 0 Å². The van der Waals surface area contributed by atoms with Crippen molar-refractivity contribution in [3.05, 3.63) is 29.8 Å². The van der Waals surface area contributed by atoms with Crippen molar-refractivity contribution in [2.45, 2.75) is 32.2 Å². The van der Waals surface area contributed by atoms with Crippen LogP contribution in [0.5, 0.6) is 0 Å². The Hall–Kier alpha value is -1.91. The SMILES string of the molecule is CCOC(=O)Cc1nc2cc(F)ccc2n1C1CC1. The lowest BCUT2D eigenvalue weighted by molar-refractivity contribution is -0.142. The maximum absolute atomic E-state index is 13.2. The first-order chi connectivity index (χ1) is 9.19. The molecule has 4 nitrogen and oxygen atoms in total. The molecule has 1 saturated carbocycles. The molecule has 2 aromatic rings. The van der Waals surface area contributed by atoms with E-state index in [1.807, 2.05) is 4.57 Å². The average molecular weight is 262 g/mol. The summed E-state index contributed by atoms with van der Waals surface area (Å²) >= 11 is 0. The molecule has 0 aliphatic heterocycles. The number of hydrogen-bond acceptors (Lipinski definition) is 3. The van der Waals surface area contributed by atoms with Crippen molar-refractivity contribution in [3.8, 4) is 0 Å². The largest absolute Gasteiger partial charge is 0.466 e. The van der Waals surface area contributed by atoms with Gasteiger partial charge in [0.25, 0.3) is 0 Å². The zero-order valence-corrected chi connectivity index (χ0v) is 10.7. The highest BCUT2D eigenvalue weighted by Crippen LogP contribution is 2.38. The minimum absolute atomic E-state index is 0.140. The van der Waals surface area contributed by atoms with E-state index in [4.69, 9.17) is 4.74 Å². The standard InChI is InChI=1S/C14H15FN2O2/c1-2-19-14(18)8-13-16-11-7-9(15)3-6-12(11)17(13)10-4-5-10/h3,6-7,10H,2,4-5,8H2,1H3. The van der Waals surface area contributed by atoms with Crippen LogP contribution < -0.4 is 0 Å². The Morgan fingerprint density at radius 3 is 3.00 bits per heavy atom. The Kier molecular flexibility index (Phi) is 2.97. The van der Waals surface area contributed by atoms with Crippen molar-refractivity contribution in [2.75, 3.05) is 6.61 Å². The predicted octanol–water partition coefficient (Wildman–Crippen LogP) is 2.62. The summed E-state index contributed by atoms with van der Waals surface area (Å²) in [6, 6.07) is 4.95. The van der Waals surface area contributed by atoms with E-state index in [1.54, 1.807) is 13.0 Å². The van der Waals surface area contributed by atoms with Crippen molar-refractivity contribution in [1.82, 2.24) is 9.55 Å². The molecule has 0 atom stereocenters. The molecule has 5 heteroatoms. The third kappa shape index (κ3) is 2.32. The van der Waals surface area contributed by atoms with Gasteiger partial charge in [0.2, 0.25) is 0 Å². The molecule has 1 aromatic heterocycles. The van der Waals surface area contributed by atoms with Crippen LogP contribution in [0.25, 0.3) is 11.0 Å². The minimum Gasteiger partial charge on any atom is -0.466 e. The summed E-state index contributed by atoms with van der Waals surface area (Å²) in [6.45, 7) is 2.13. The fourth-order valence-corrected chi connectivity index (χ4v) is 2.33. The van der Waals surface area contributed by atoms with Gasteiger partial charge < -0.3 is 9.30 Å². The van der Waals surface area contributed by atoms with Gasteiger partial charge in [-0.2, -0.15) is 0 Å². The van der Waals surface area contributed by atoms with Crippen LogP contribution in [0.15, 0.2) is 18.2 Å². The van der Waals surface area contributed by atoms with Crippen LogP contribution in [0.3, 0.4) is 0 Å². The summed E-state index contributed by atoms with van der Waals surface area (Å²) in [7, 11) is 0. The zero-order valence-electron chi connectivity index (χ0n) is 10.7. The maximum atomic E-state index is 13.2. The molecule has 0 N–H and O–H groups in total. The summed E-state index contributed by atoms with van der Waals surface area (Å²) in [6.07, 6.45) is 2.30. The molecule has 1 aliphatic carbocycles. The van der Waals surface area contributed by atoms with E-state index in [9.17, 15) is 9.18 Å².